The normalized spacial score (nSPS) is 10.3. The van der Waals surface area contributed by atoms with Gasteiger partial charge in [0.25, 0.3) is 5.91 Å². The predicted octanol–water partition coefficient (Wildman–Crippen LogP) is 5.06. The van der Waals surface area contributed by atoms with Crippen LogP contribution in [0, 0.1) is 6.92 Å². The van der Waals surface area contributed by atoms with Crippen LogP contribution in [0.2, 0.25) is 5.02 Å². The van der Waals surface area contributed by atoms with Crippen LogP contribution in [0.25, 0.3) is 0 Å². The van der Waals surface area contributed by atoms with Crippen molar-refractivity contribution in [3.8, 4) is 11.5 Å². The number of aryl methyl sites for hydroxylation is 1. The average molecular weight is 398 g/mol. The van der Waals surface area contributed by atoms with E-state index in [9.17, 15) is 4.79 Å². The highest BCUT2D eigenvalue weighted by Gasteiger charge is 2.11. The molecule has 0 bridgehead atoms. The second-order valence-electron chi connectivity index (χ2n) is 6.04. The Morgan fingerprint density at radius 3 is 2.61 bits per heavy atom. The Kier molecular flexibility index (Phi) is 6.01. The zero-order valence-electron chi connectivity index (χ0n) is 15.7. The summed E-state index contributed by atoms with van der Waals surface area (Å²) in [5, 5.41) is 6.68. The van der Waals surface area contributed by atoms with Gasteiger partial charge in [-0.3, -0.25) is 9.78 Å². The number of rotatable bonds is 6. The van der Waals surface area contributed by atoms with Crippen LogP contribution < -0.4 is 20.1 Å². The third kappa shape index (κ3) is 4.53. The van der Waals surface area contributed by atoms with Crippen molar-refractivity contribution in [1.29, 1.82) is 0 Å². The first kappa shape index (κ1) is 19.5. The van der Waals surface area contributed by atoms with Gasteiger partial charge in [0.2, 0.25) is 0 Å². The molecule has 28 heavy (non-hydrogen) atoms. The van der Waals surface area contributed by atoms with Crippen molar-refractivity contribution in [1.82, 2.24) is 4.98 Å². The highest BCUT2D eigenvalue weighted by atomic mass is 35.5. The lowest BCUT2D eigenvalue weighted by molar-refractivity contribution is 0.102. The van der Waals surface area contributed by atoms with Gasteiger partial charge in [-0.25, -0.2) is 0 Å². The average Bonchev–Trinajstić information content (AvgIpc) is 2.71. The summed E-state index contributed by atoms with van der Waals surface area (Å²) in [6.45, 7) is 1.91. The van der Waals surface area contributed by atoms with Crippen LogP contribution in [0.3, 0.4) is 0 Å². The van der Waals surface area contributed by atoms with Crippen LogP contribution in [0.5, 0.6) is 11.5 Å². The molecular formula is C21H20ClN3O3. The first-order valence-electron chi connectivity index (χ1n) is 8.53. The smallest absolute Gasteiger partial charge is 0.274 e. The van der Waals surface area contributed by atoms with Crippen LogP contribution >= 0.6 is 11.6 Å². The third-order valence-electron chi connectivity index (χ3n) is 4.08. The number of halogens is 1. The first-order valence-corrected chi connectivity index (χ1v) is 8.90. The van der Waals surface area contributed by atoms with Crippen molar-refractivity contribution >= 4 is 34.6 Å². The summed E-state index contributed by atoms with van der Waals surface area (Å²) < 4.78 is 10.5. The largest absolute Gasteiger partial charge is 0.497 e. The fourth-order valence-electron chi connectivity index (χ4n) is 2.61. The van der Waals surface area contributed by atoms with E-state index in [4.69, 9.17) is 21.1 Å². The van der Waals surface area contributed by atoms with Gasteiger partial charge in [0.15, 0.2) is 0 Å². The number of methoxy groups -OCH3 is 2. The van der Waals surface area contributed by atoms with Crippen molar-refractivity contribution in [2.45, 2.75) is 6.92 Å². The van der Waals surface area contributed by atoms with E-state index >= 15 is 0 Å². The maximum atomic E-state index is 12.6. The maximum Gasteiger partial charge on any atom is 0.274 e. The molecule has 1 amide bonds. The molecule has 0 atom stereocenters. The Balaban J connectivity index is 1.80. The summed E-state index contributed by atoms with van der Waals surface area (Å²) in [5.41, 5.74) is 3.26. The molecule has 7 heteroatoms. The standard InChI is InChI=1S/C21H20ClN3O3/c1-13-9-18(20(28-3)12-17(13)22)24-15-7-8-23-19(11-15)21(26)25-14-5-4-6-16(10-14)27-2/h4-12H,1-3H3,(H,23,24)(H,25,26). The van der Waals surface area contributed by atoms with Gasteiger partial charge in [0.1, 0.15) is 17.2 Å². The van der Waals surface area contributed by atoms with Crippen molar-refractivity contribution < 1.29 is 14.3 Å². The van der Waals surface area contributed by atoms with E-state index in [1.54, 1.807) is 62.9 Å². The number of nitrogens with zero attached hydrogens (tertiary/aromatic N) is 1. The zero-order valence-corrected chi connectivity index (χ0v) is 16.5. The zero-order chi connectivity index (χ0) is 20.1. The van der Waals surface area contributed by atoms with Gasteiger partial charge < -0.3 is 20.1 Å². The Bertz CT molecular complexity index is 1010. The molecule has 2 N–H and O–H groups in total. The third-order valence-corrected chi connectivity index (χ3v) is 4.49. The molecular weight excluding hydrogens is 378 g/mol. The molecule has 0 unspecified atom stereocenters. The summed E-state index contributed by atoms with van der Waals surface area (Å²) in [6, 6.07) is 14.2. The van der Waals surface area contributed by atoms with E-state index in [0.717, 1.165) is 11.3 Å². The summed E-state index contributed by atoms with van der Waals surface area (Å²) >= 11 is 6.15. The number of pyridine rings is 1. The highest BCUT2D eigenvalue weighted by Crippen LogP contribution is 2.33. The van der Waals surface area contributed by atoms with Crippen LogP contribution in [-0.4, -0.2) is 25.1 Å². The number of carbonyl (C=O) groups is 1. The van der Waals surface area contributed by atoms with E-state index in [-0.39, 0.29) is 11.6 Å². The van der Waals surface area contributed by atoms with Crippen molar-refractivity contribution in [2.75, 3.05) is 24.9 Å². The second kappa shape index (κ2) is 8.63. The van der Waals surface area contributed by atoms with Crippen LogP contribution in [0.1, 0.15) is 16.1 Å². The minimum Gasteiger partial charge on any atom is -0.497 e. The molecule has 0 aliphatic heterocycles. The van der Waals surface area contributed by atoms with Gasteiger partial charge in [-0.15, -0.1) is 0 Å². The Morgan fingerprint density at radius 1 is 1.04 bits per heavy atom. The SMILES string of the molecule is COc1cccc(NC(=O)c2cc(Nc3cc(C)c(Cl)cc3OC)ccn2)c1. The molecule has 0 aliphatic carbocycles. The predicted molar refractivity (Wildman–Crippen MR) is 111 cm³/mol. The van der Waals surface area contributed by atoms with E-state index in [1.807, 2.05) is 13.0 Å². The lowest BCUT2D eigenvalue weighted by Gasteiger charge is -2.14. The van der Waals surface area contributed by atoms with Crippen LogP contribution in [0.15, 0.2) is 54.7 Å². The first-order chi connectivity index (χ1) is 13.5. The summed E-state index contributed by atoms with van der Waals surface area (Å²) in [6.07, 6.45) is 1.57. The van der Waals surface area contributed by atoms with Crippen LogP contribution in [0.4, 0.5) is 17.1 Å². The monoisotopic (exact) mass is 397 g/mol. The molecule has 0 saturated heterocycles. The van der Waals surface area contributed by atoms with Gasteiger partial charge >= 0.3 is 0 Å². The Labute approximate surface area is 168 Å². The molecule has 1 heterocycles. The molecule has 2 aromatic carbocycles. The molecule has 0 aliphatic rings. The molecule has 6 nitrogen and oxygen atoms in total. The number of anilines is 3. The molecule has 0 radical (unpaired) electrons. The van der Waals surface area contributed by atoms with Crippen molar-refractivity contribution in [2.24, 2.45) is 0 Å². The number of hydrogen-bond donors (Lipinski definition) is 2. The molecule has 3 aromatic rings. The lowest BCUT2D eigenvalue weighted by Crippen LogP contribution is -2.13. The number of amides is 1. The fraction of sp³-hybridized carbons (Fsp3) is 0.143. The number of benzene rings is 2. The summed E-state index contributed by atoms with van der Waals surface area (Å²) in [5.74, 6) is 0.942. The summed E-state index contributed by atoms with van der Waals surface area (Å²) in [4.78, 5) is 16.7. The fourth-order valence-corrected chi connectivity index (χ4v) is 2.77. The topological polar surface area (TPSA) is 72.5 Å². The lowest BCUT2D eigenvalue weighted by atomic mass is 10.2. The Hall–Kier alpha value is -3.25. The molecule has 0 saturated carbocycles. The minimum absolute atomic E-state index is 0.275. The molecule has 0 spiro atoms. The number of aromatic nitrogens is 1. The minimum atomic E-state index is -0.323. The van der Waals surface area contributed by atoms with Crippen molar-refractivity contribution in [3.05, 3.63) is 71.0 Å². The van der Waals surface area contributed by atoms with Gasteiger partial charge in [-0.05, 0) is 42.8 Å². The van der Waals surface area contributed by atoms with E-state index < -0.39 is 0 Å². The van der Waals surface area contributed by atoms with E-state index in [2.05, 4.69) is 15.6 Å². The van der Waals surface area contributed by atoms with Gasteiger partial charge in [0.05, 0.1) is 19.9 Å². The molecule has 1 aromatic heterocycles. The second-order valence-corrected chi connectivity index (χ2v) is 6.45. The number of ether oxygens (including phenoxy) is 2. The molecule has 3 rings (SSSR count). The maximum absolute atomic E-state index is 12.6. The van der Waals surface area contributed by atoms with E-state index in [0.29, 0.717) is 27.9 Å². The van der Waals surface area contributed by atoms with Crippen molar-refractivity contribution in [3.63, 3.8) is 0 Å². The highest BCUT2D eigenvalue weighted by molar-refractivity contribution is 6.31. The van der Waals surface area contributed by atoms with Gasteiger partial charge in [0, 0.05) is 34.7 Å². The Morgan fingerprint density at radius 2 is 1.86 bits per heavy atom. The van der Waals surface area contributed by atoms with Crippen LogP contribution in [-0.2, 0) is 0 Å². The number of carbonyl (C=O) groups excluding carboxylic acids is 1. The quantitative estimate of drug-likeness (QED) is 0.608. The van der Waals surface area contributed by atoms with E-state index in [1.165, 1.54) is 0 Å². The number of nitrogens with one attached hydrogen (secondary N) is 2. The summed E-state index contributed by atoms with van der Waals surface area (Å²) in [7, 11) is 3.15. The molecule has 144 valence electrons. The van der Waals surface area contributed by atoms with Gasteiger partial charge in [-0.2, -0.15) is 0 Å². The molecule has 0 fully saturated rings. The van der Waals surface area contributed by atoms with Gasteiger partial charge in [-0.1, -0.05) is 17.7 Å². The number of hydrogen-bond acceptors (Lipinski definition) is 5.